The molecule has 2 rings (SSSR count). The Hall–Kier alpha value is -1.13. The lowest BCUT2D eigenvalue weighted by Gasteiger charge is -2.17. The fourth-order valence-electron chi connectivity index (χ4n) is 1.87. The molecule has 0 spiro atoms. The molecule has 2 heterocycles. The van der Waals surface area contributed by atoms with Gasteiger partial charge in [0.15, 0.2) is 0 Å². The van der Waals surface area contributed by atoms with Crippen LogP contribution in [-0.4, -0.2) is 9.97 Å². The van der Waals surface area contributed by atoms with Crippen molar-refractivity contribution in [3.63, 3.8) is 0 Å². The Morgan fingerprint density at radius 3 is 2.76 bits per heavy atom. The molecule has 3 nitrogen and oxygen atoms in total. The molecule has 92 valence electrons. The summed E-state index contributed by atoms with van der Waals surface area (Å²) < 4.78 is 0. The second kappa shape index (κ2) is 5.47. The van der Waals surface area contributed by atoms with E-state index < -0.39 is 0 Å². The average Bonchev–Trinajstić information content (AvgIpc) is 3.00. The van der Waals surface area contributed by atoms with Crippen molar-refractivity contribution in [2.75, 3.05) is 0 Å². The van der Waals surface area contributed by atoms with Crippen molar-refractivity contribution in [3.05, 3.63) is 40.1 Å². The van der Waals surface area contributed by atoms with E-state index in [1.165, 1.54) is 9.75 Å². The first-order valence-electron chi connectivity index (χ1n) is 6.04. The van der Waals surface area contributed by atoms with Gasteiger partial charge in [0.2, 0.25) is 0 Å². The van der Waals surface area contributed by atoms with Gasteiger partial charge in [0.1, 0.15) is 5.82 Å². The lowest BCUT2D eigenvalue weighted by Crippen LogP contribution is -2.22. The van der Waals surface area contributed by atoms with Gasteiger partial charge in [-0.3, -0.25) is 0 Å². The topological polar surface area (TPSA) is 40.7 Å². The number of aromatic amines is 1. The van der Waals surface area contributed by atoms with Crippen molar-refractivity contribution in [2.24, 2.45) is 0 Å². The Morgan fingerprint density at radius 1 is 1.35 bits per heavy atom. The first-order chi connectivity index (χ1) is 8.20. The number of hydrogen-bond donors (Lipinski definition) is 2. The molecule has 0 aromatic carbocycles. The number of imidazole rings is 1. The molecule has 17 heavy (non-hydrogen) atoms. The lowest BCUT2D eigenvalue weighted by atomic mass is 10.2. The lowest BCUT2D eigenvalue weighted by molar-refractivity contribution is 0.484. The Labute approximate surface area is 106 Å². The van der Waals surface area contributed by atoms with Crippen LogP contribution < -0.4 is 5.32 Å². The van der Waals surface area contributed by atoms with Gasteiger partial charge < -0.3 is 10.3 Å². The smallest absolute Gasteiger partial charge is 0.122 e. The highest BCUT2D eigenvalue weighted by atomic mass is 32.1. The second-order valence-corrected chi connectivity index (χ2v) is 5.44. The van der Waals surface area contributed by atoms with Crippen molar-refractivity contribution in [3.8, 4) is 0 Å². The number of H-pyrrole nitrogens is 1. The summed E-state index contributed by atoms with van der Waals surface area (Å²) in [5.41, 5.74) is 0. The summed E-state index contributed by atoms with van der Waals surface area (Å²) in [5, 5.41) is 3.55. The predicted molar refractivity (Wildman–Crippen MR) is 72.3 cm³/mol. The number of rotatable bonds is 5. The first kappa shape index (κ1) is 12.3. The van der Waals surface area contributed by atoms with Gasteiger partial charge in [0, 0.05) is 28.2 Å². The van der Waals surface area contributed by atoms with Crippen molar-refractivity contribution in [2.45, 2.75) is 39.3 Å². The van der Waals surface area contributed by atoms with Crippen LogP contribution in [0.4, 0.5) is 0 Å². The van der Waals surface area contributed by atoms with Crippen LogP contribution in [0.2, 0.25) is 0 Å². The number of aryl methyl sites for hydroxylation is 1. The highest BCUT2D eigenvalue weighted by Gasteiger charge is 2.13. The third-order valence-corrected chi connectivity index (χ3v) is 4.30. The van der Waals surface area contributed by atoms with Gasteiger partial charge in [-0.25, -0.2) is 4.98 Å². The fourth-order valence-corrected chi connectivity index (χ4v) is 2.83. The zero-order chi connectivity index (χ0) is 12.3. The minimum absolute atomic E-state index is 0.243. The second-order valence-electron chi connectivity index (χ2n) is 4.24. The molecular weight excluding hydrogens is 230 g/mol. The molecule has 0 fully saturated rings. The summed E-state index contributed by atoms with van der Waals surface area (Å²) in [5.74, 6) is 0.990. The van der Waals surface area contributed by atoms with Crippen LogP contribution in [-0.2, 0) is 6.42 Å². The number of nitrogens with zero attached hydrogens (tertiary/aromatic N) is 1. The largest absolute Gasteiger partial charge is 0.347 e. The first-order valence-corrected chi connectivity index (χ1v) is 6.86. The maximum atomic E-state index is 4.27. The molecule has 0 saturated heterocycles. The van der Waals surface area contributed by atoms with Crippen molar-refractivity contribution in [1.82, 2.24) is 15.3 Å². The summed E-state index contributed by atoms with van der Waals surface area (Å²) in [6, 6.07) is 5.04. The quantitative estimate of drug-likeness (QED) is 0.852. The summed E-state index contributed by atoms with van der Waals surface area (Å²) in [4.78, 5) is 10.2. The molecule has 0 amide bonds. The van der Waals surface area contributed by atoms with E-state index in [4.69, 9.17) is 0 Å². The zero-order valence-electron chi connectivity index (χ0n) is 10.5. The molecule has 2 atom stereocenters. The van der Waals surface area contributed by atoms with Crippen LogP contribution >= 0.6 is 11.3 Å². The molecule has 2 aromatic rings. The van der Waals surface area contributed by atoms with E-state index in [0.29, 0.717) is 6.04 Å². The van der Waals surface area contributed by atoms with Gasteiger partial charge in [-0.2, -0.15) is 0 Å². The number of hydrogen-bond acceptors (Lipinski definition) is 3. The Balaban J connectivity index is 1.99. The Bertz CT molecular complexity index is 447. The predicted octanol–water partition coefficient (Wildman–Crippen LogP) is 3.45. The van der Waals surface area contributed by atoms with Crippen molar-refractivity contribution in [1.29, 1.82) is 0 Å². The molecule has 0 aliphatic heterocycles. The molecular formula is C13H19N3S. The van der Waals surface area contributed by atoms with E-state index >= 15 is 0 Å². The van der Waals surface area contributed by atoms with Gasteiger partial charge in [0.25, 0.3) is 0 Å². The molecule has 2 N–H and O–H groups in total. The Kier molecular flexibility index (Phi) is 3.97. The summed E-state index contributed by atoms with van der Waals surface area (Å²) >= 11 is 1.89. The standard InChI is InChI=1S/C13H19N3S/c1-4-11-5-6-12(17-11)9(2)16-10(3)13-14-7-8-15-13/h5-10,16H,4H2,1-3H3,(H,14,15). The van der Waals surface area contributed by atoms with Gasteiger partial charge in [-0.05, 0) is 32.4 Å². The normalized spacial score (nSPS) is 14.8. The van der Waals surface area contributed by atoms with Crippen LogP contribution in [0.25, 0.3) is 0 Å². The van der Waals surface area contributed by atoms with Crippen LogP contribution in [0.3, 0.4) is 0 Å². The SMILES string of the molecule is CCc1ccc(C(C)NC(C)c2ncc[nH]2)s1. The van der Waals surface area contributed by atoms with E-state index in [1.54, 1.807) is 6.20 Å². The number of aromatic nitrogens is 2. The molecule has 0 saturated carbocycles. The van der Waals surface area contributed by atoms with E-state index in [9.17, 15) is 0 Å². The maximum Gasteiger partial charge on any atom is 0.122 e. The number of thiophene rings is 1. The molecule has 0 aliphatic carbocycles. The van der Waals surface area contributed by atoms with Crippen LogP contribution in [0.15, 0.2) is 24.5 Å². The van der Waals surface area contributed by atoms with Crippen LogP contribution in [0.5, 0.6) is 0 Å². The number of nitrogens with one attached hydrogen (secondary N) is 2. The minimum atomic E-state index is 0.243. The highest BCUT2D eigenvalue weighted by Crippen LogP contribution is 2.25. The average molecular weight is 249 g/mol. The third-order valence-electron chi connectivity index (χ3n) is 2.89. The summed E-state index contributed by atoms with van der Waals surface area (Å²) in [7, 11) is 0. The van der Waals surface area contributed by atoms with Crippen molar-refractivity contribution < 1.29 is 0 Å². The summed E-state index contributed by atoms with van der Waals surface area (Å²) in [6.45, 7) is 6.52. The van der Waals surface area contributed by atoms with Crippen molar-refractivity contribution >= 4 is 11.3 Å². The Morgan fingerprint density at radius 2 is 2.18 bits per heavy atom. The van der Waals surface area contributed by atoms with Gasteiger partial charge in [-0.1, -0.05) is 6.92 Å². The third kappa shape index (κ3) is 2.96. The van der Waals surface area contributed by atoms with Crippen LogP contribution in [0.1, 0.15) is 48.4 Å². The van der Waals surface area contributed by atoms with Gasteiger partial charge >= 0.3 is 0 Å². The zero-order valence-corrected chi connectivity index (χ0v) is 11.3. The van der Waals surface area contributed by atoms with Gasteiger partial charge in [0.05, 0.1) is 6.04 Å². The monoisotopic (exact) mass is 249 g/mol. The molecule has 0 aliphatic rings. The van der Waals surface area contributed by atoms with Crippen LogP contribution in [0, 0.1) is 0 Å². The molecule has 4 heteroatoms. The van der Waals surface area contributed by atoms with E-state index in [-0.39, 0.29) is 6.04 Å². The van der Waals surface area contributed by atoms with E-state index in [0.717, 1.165) is 12.2 Å². The van der Waals surface area contributed by atoms with E-state index in [1.807, 2.05) is 17.5 Å². The summed E-state index contributed by atoms with van der Waals surface area (Å²) in [6.07, 6.45) is 4.77. The van der Waals surface area contributed by atoms with Gasteiger partial charge in [-0.15, -0.1) is 11.3 Å². The molecule has 0 radical (unpaired) electrons. The molecule has 0 bridgehead atoms. The maximum absolute atomic E-state index is 4.27. The van der Waals surface area contributed by atoms with E-state index in [2.05, 4.69) is 48.2 Å². The molecule has 2 aromatic heterocycles. The fraction of sp³-hybridized carbons (Fsp3) is 0.462. The molecule has 2 unspecified atom stereocenters. The highest BCUT2D eigenvalue weighted by molar-refractivity contribution is 7.12. The minimum Gasteiger partial charge on any atom is -0.347 e.